The lowest BCUT2D eigenvalue weighted by molar-refractivity contribution is -0.116. The second kappa shape index (κ2) is 10.00. The number of ether oxygens (including phenoxy) is 1. The van der Waals surface area contributed by atoms with Gasteiger partial charge in [0.15, 0.2) is 0 Å². The Labute approximate surface area is 168 Å². The summed E-state index contributed by atoms with van der Waals surface area (Å²) in [6.45, 7) is 1.94. The van der Waals surface area contributed by atoms with Gasteiger partial charge in [0.2, 0.25) is 11.8 Å². The Morgan fingerprint density at radius 2 is 1.70 bits per heavy atom. The zero-order chi connectivity index (χ0) is 19.8. The molecule has 0 atom stereocenters. The molecule has 7 heteroatoms. The topological polar surface area (TPSA) is 67.4 Å². The molecule has 2 aromatic carbocycles. The Morgan fingerprint density at radius 1 is 1.07 bits per heavy atom. The third kappa shape index (κ3) is 6.31. The van der Waals surface area contributed by atoms with Gasteiger partial charge in [0, 0.05) is 34.5 Å². The van der Waals surface area contributed by atoms with Crippen molar-refractivity contribution in [2.24, 2.45) is 0 Å². The highest BCUT2D eigenvalue weighted by Gasteiger charge is 2.08. The van der Waals surface area contributed by atoms with E-state index < -0.39 is 0 Å². The van der Waals surface area contributed by atoms with Crippen LogP contribution in [0.1, 0.15) is 25.3 Å². The molecule has 0 aliphatic carbocycles. The van der Waals surface area contributed by atoms with Crippen LogP contribution in [0.25, 0.3) is 6.08 Å². The maximum atomic E-state index is 12.1. The van der Waals surface area contributed by atoms with Gasteiger partial charge in [0.25, 0.3) is 0 Å². The fraction of sp³-hybridized carbons (Fsp3) is 0.200. The monoisotopic (exact) mass is 406 g/mol. The van der Waals surface area contributed by atoms with Crippen LogP contribution in [0.5, 0.6) is 5.75 Å². The molecule has 2 N–H and O–H groups in total. The third-order valence-corrected chi connectivity index (χ3v) is 4.07. The van der Waals surface area contributed by atoms with Gasteiger partial charge < -0.3 is 15.4 Å². The number of benzene rings is 2. The first-order valence-corrected chi connectivity index (χ1v) is 9.10. The maximum absolute atomic E-state index is 12.1. The van der Waals surface area contributed by atoms with Crippen molar-refractivity contribution >= 4 is 52.5 Å². The van der Waals surface area contributed by atoms with E-state index >= 15 is 0 Å². The molecule has 0 fully saturated rings. The standard InChI is InChI=1S/C20H20Cl2N2O3/c1-3-4-18(25)23-15-6-8-16(9-7-15)24-19(26)10-5-13-11-14(21)12-17(22)20(13)27-2/h5-12H,3-4H2,1-2H3,(H,23,25)(H,24,26)/b10-5+. The quantitative estimate of drug-likeness (QED) is 0.605. The molecule has 0 aliphatic heterocycles. The van der Waals surface area contributed by atoms with Gasteiger partial charge in [-0.2, -0.15) is 0 Å². The van der Waals surface area contributed by atoms with Crippen molar-refractivity contribution in [2.45, 2.75) is 19.8 Å². The molecule has 0 radical (unpaired) electrons. The molecular formula is C20H20Cl2N2O3. The molecule has 0 heterocycles. The SMILES string of the molecule is CCCC(=O)Nc1ccc(NC(=O)/C=C/c2cc(Cl)cc(Cl)c2OC)cc1. The maximum Gasteiger partial charge on any atom is 0.248 e. The van der Waals surface area contributed by atoms with E-state index in [0.29, 0.717) is 39.2 Å². The molecule has 0 saturated carbocycles. The number of carbonyl (C=O) groups excluding carboxylic acids is 2. The Kier molecular flexibility index (Phi) is 7.70. The fourth-order valence-electron chi connectivity index (χ4n) is 2.36. The molecule has 5 nitrogen and oxygen atoms in total. The number of rotatable bonds is 7. The van der Waals surface area contributed by atoms with Gasteiger partial charge in [0.1, 0.15) is 5.75 Å². The van der Waals surface area contributed by atoms with Crippen molar-refractivity contribution in [3.8, 4) is 5.75 Å². The van der Waals surface area contributed by atoms with Crippen molar-refractivity contribution in [1.82, 2.24) is 0 Å². The number of hydrogen-bond donors (Lipinski definition) is 2. The molecule has 2 aromatic rings. The summed E-state index contributed by atoms with van der Waals surface area (Å²) in [5.74, 6) is 0.0829. The summed E-state index contributed by atoms with van der Waals surface area (Å²) >= 11 is 12.1. The molecule has 0 aliphatic rings. The minimum absolute atomic E-state index is 0.0358. The van der Waals surface area contributed by atoms with Crippen molar-refractivity contribution in [3.05, 3.63) is 58.1 Å². The Balaban J connectivity index is 2.02. The second-order valence-electron chi connectivity index (χ2n) is 5.71. The Hall–Kier alpha value is -2.50. The summed E-state index contributed by atoms with van der Waals surface area (Å²) in [5, 5.41) is 6.34. The molecule has 142 valence electrons. The summed E-state index contributed by atoms with van der Waals surface area (Å²) < 4.78 is 5.24. The number of methoxy groups -OCH3 is 1. The highest BCUT2D eigenvalue weighted by Crippen LogP contribution is 2.33. The fourth-order valence-corrected chi connectivity index (χ4v) is 2.94. The van der Waals surface area contributed by atoms with Gasteiger partial charge in [-0.25, -0.2) is 0 Å². The van der Waals surface area contributed by atoms with Crippen LogP contribution >= 0.6 is 23.2 Å². The van der Waals surface area contributed by atoms with E-state index in [1.165, 1.54) is 13.2 Å². The van der Waals surface area contributed by atoms with Crippen LogP contribution in [-0.4, -0.2) is 18.9 Å². The lowest BCUT2D eigenvalue weighted by atomic mass is 10.2. The highest BCUT2D eigenvalue weighted by molar-refractivity contribution is 6.36. The van der Waals surface area contributed by atoms with E-state index in [4.69, 9.17) is 27.9 Å². The summed E-state index contributed by atoms with van der Waals surface area (Å²) in [4.78, 5) is 23.7. The van der Waals surface area contributed by atoms with Crippen LogP contribution in [-0.2, 0) is 9.59 Å². The predicted octanol–water partition coefficient (Wildman–Crippen LogP) is 5.39. The van der Waals surface area contributed by atoms with Gasteiger partial charge in [-0.3, -0.25) is 9.59 Å². The van der Waals surface area contributed by atoms with E-state index in [9.17, 15) is 9.59 Å². The summed E-state index contributed by atoms with van der Waals surface area (Å²) in [7, 11) is 1.49. The molecule has 2 rings (SSSR count). The predicted molar refractivity (Wildman–Crippen MR) is 111 cm³/mol. The van der Waals surface area contributed by atoms with Gasteiger partial charge in [-0.05, 0) is 48.9 Å². The number of halogens is 2. The lowest BCUT2D eigenvalue weighted by Gasteiger charge is -2.08. The average Bonchev–Trinajstić information content (AvgIpc) is 2.61. The van der Waals surface area contributed by atoms with E-state index in [1.54, 1.807) is 42.5 Å². The summed E-state index contributed by atoms with van der Waals surface area (Å²) in [6.07, 6.45) is 4.20. The Morgan fingerprint density at radius 3 is 2.30 bits per heavy atom. The molecule has 0 aromatic heterocycles. The molecule has 2 amide bonds. The molecule has 27 heavy (non-hydrogen) atoms. The molecular weight excluding hydrogens is 387 g/mol. The van der Waals surface area contributed by atoms with Crippen molar-refractivity contribution in [1.29, 1.82) is 0 Å². The first-order valence-electron chi connectivity index (χ1n) is 8.35. The van der Waals surface area contributed by atoms with Crippen molar-refractivity contribution in [3.63, 3.8) is 0 Å². The molecule has 0 spiro atoms. The van der Waals surface area contributed by atoms with Gasteiger partial charge in [-0.15, -0.1) is 0 Å². The zero-order valence-electron chi connectivity index (χ0n) is 15.0. The van der Waals surface area contributed by atoms with E-state index in [-0.39, 0.29) is 11.8 Å². The first kappa shape index (κ1) is 20.8. The molecule has 0 saturated heterocycles. The molecule has 0 bridgehead atoms. The minimum atomic E-state index is -0.323. The van der Waals surface area contributed by atoms with Crippen LogP contribution in [0.4, 0.5) is 11.4 Å². The number of hydrogen-bond acceptors (Lipinski definition) is 3. The summed E-state index contributed by atoms with van der Waals surface area (Å²) in [5.41, 5.74) is 1.88. The molecule has 0 unspecified atom stereocenters. The normalized spacial score (nSPS) is 10.7. The number of amides is 2. The number of nitrogens with one attached hydrogen (secondary N) is 2. The highest BCUT2D eigenvalue weighted by atomic mass is 35.5. The third-order valence-electron chi connectivity index (χ3n) is 3.57. The van der Waals surface area contributed by atoms with Crippen molar-refractivity contribution in [2.75, 3.05) is 17.7 Å². The van der Waals surface area contributed by atoms with Crippen LogP contribution in [0.2, 0.25) is 10.0 Å². The number of carbonyl (C=O) groups is 2. The van der Waals surface area contributed by atoms with E-state index in [2.05, 4.69) is 10.6 Å². The largest absolute Gasteiger partial charge is 0.495 e. The summed E-state index contributed by atoms with van der Waals surface area (Å²) in [6, 6.07) is 10.1. The van der Waals surface area contributed by atoms with E-state index in [0.717, 1.165) is 6.42 Å². The average molecular weight is 407 g/mol. The van der Waals surface area contributed by atoms with Crippen LogP contribution in [0, 0.1) is 0 Å². The lowest BCUT2D eigenvalue weighted by Crippen LogP contribution is -2.11. The van der Waals surface area contributed by atoms with Crippen LogP contribution in [0.15, 0.2) is 42.5 Å². The first-order chi connectivity index (χ1) is 12.9. The van der Waals surface area contributed by atoms with Gasteiger partial charge in [0.05, 0.1) is 12.1 Å². The second-order valence-corrected chi connectivity index (χ2v) is 6.55. The zero-order valence-corrected chi connectivity index (χ0v) is 16.5. The number of anilines is 2. The minimum Gasteiger partial charge on any atom is -0.495 e. The van der Waals surface area contributed by atoms with Crippen molar-refractivity contribution < 1.29 is 14.3 Å². The van der Waals surface area contributed by atoms with Crippen LogP contribution < -0.4 is 15.4 Å². The Bertz CT molecular complexity index is 849. The van der Waals surface area contributed by atoms with E-state index in [1.807, 2.05) is 6.92 Å². The smallest absolute Gasteiger partial charge is 0.248 e. The van der Waals surface area contributed by atoms with Crippen LogP contribution in [0.3, 0.4) is 0 Å². The van der Waals surface area contributed by atoms with Gasteiger partial charge in [-0.1, -0.05) is 30.1 Å². The van der Waals surface area contributed by atoms with Gasteiger partial charge >= 0.3 is 0 Å².